The number of amides is 1. The minimum atomic E-state index is -0.647. The van der Waals surface area contributed by atoms with Crippen molar-refractivity contribution in [3.63, 3.8) is 0 Å². The molecule has 0 fully saturated rings. The van der Waals surface area contributed by atoms with Crippen LogP contribution in [0, 0.1) is 0 Å². The van der Waals surface area contributed by atoms with Crippen LogP contribution in [-0.4, -0.2) is 42.7 Å². The zero-order chi connectivity index (χ0) is 18.1. The van der Waals surface area contributed by atoms with Crippen molar-refractivity contribution in [2.75, 3.05) is 13.6 Å². The summed E-state index contributed by atoms with van der Waals surface area (Å²) in [4.78, 5) is 14.6. The third kappa shape index (κ3) is 3.27. The monoisotopic (exact) mass is 353 g/mol. The summed E-state index contributed by atoms with van der Waals surface area (Å²) in [7, 11) is 1.79. The first kappa shape index (κ1) is 16.9. The molecule has 0 bridgehead atoms. The van der Waals surface area contributed by atoms with E-state index in [2.05, 4.69) is 12.1 Å². The van der Waals surface area contributed by atoms with E-state index in [1.54, 1.807) is 11.9 Å². The van der Waals surface area contributed by atoms with Crippen molar-refractivity contribution < 1.29 is 19.0 Å². The van der Waals surface area contributed by atoms with E-state index >= 15 is 0 Å². The number of benzene rings is 2. The van der Waals surface area contributed by atoms with Crippen LogP contribution in [0.4, 0.5) is 0 Å². The molecule has 2 aliphatic rings. The number of fused-ring (bicyclic) bond motifs is 2. The SMILES string of the molecule is CC1Oc2ccccc2OC1C(=O)N(C)CC1Cc2ccccc2CO1. The number of para-hydroxylation sites is 2. The molecule has 136 valence electrons. The number of nitrogens with zero attached hydrogens (tertiary/aromatic N) is 1. The van der Waals surface area contributed by atoms with Gasteiger partial charge in [0.2, 0.25) is 6.10 Å². The van der Waals surface area contributed by atoms with E-state index in [4.69, 9.17) is 14.2 Å². The van der Waals surface area contributed by atoms with E-state index in [-0.39, 0.29) is 18.1 Å². The van der Waals surface area contributed by atoms with Gasteiger partial charge in [-0.15, -0.1) is 0 Å². The van der Waals surface area contributed by atoms with Crippen LogP contribution in [0.1, 0.15) is 18.1 Å². The van der Waals surface area contributed by atoms with Crippen molar-refractivity contribution in [1.82, 2.24) is 4.90 Å². The standard InChI is InChI=1S/C21H23NO4/c1-14-20(26-19-10-6-5-9-18(19)25-14)21(23)22(2)12-17-11-15-7-3-4-8-16(15)13-24-17/h3-10,14,17,20H,11-13H2,1-2H3. The predicted molar refractivity (Wildman–Crippen MR) is 97.3 cm³/mol. The Morgan fingerprint density at radius 3 is 2.46 bits per heavy atom. The number of ether oxygens (including phenoxy) is 3. The molecular formula is C21H23NO4. The molecule has 5 nitrogen and oxygen atoms in total. The topological polar surface area (TPSA) is 48.0 Å². The molecule has 0 aromatic heterocycles. The first-order chi connectivity index (χ1) is 12.6. The smallest absolute Gasteiger partial charge is 0.267 e. The van der Waals surface area contributed by atoms with E-state index in [1.807, 2.05) is 43.3 Å². The van der Waals surface area contributed by atoms with Gasteiger partial charge in [-0.05, 0) is 30.2 Å². The van der Waals surface area contributed by atoms with Gasteiger partial charge >= 0.3 is 0 Å². The molecule has 5 heteroatoms. The summed E-state index contributed by atoms with van der Waals surface area (Å²) in [6.07, 6.45) is -0.182. The van der Waals surface area contributed by atoms with Crippen molar-refractivity contribution in [2.45, 2.75) is 38.3 Å². The molecule has 4 rings (SSSR count). The summed E-state index contributed by atoms with van der Waals surface area (Å²) in [5.41, 5.74) is 2.52. The Hall–Kier alpha value is -2.53. The van der Waals surface area contributed by atoms with Crippen LogP contribution in [0.2, 0.25) is 0 Å². The first-order valence-corrected chi connectivity index (χ1v) is 8.97. The number of rotatable bonds is 3. The fraction of sp³-hybridized carbons (Fsp3) is 0.381. The van der Waals surface area contributed by atoms with Crippen LogP contribution in [0.5, 0.6) is 11.5 Å². The van der Waals surface area contributed by atoms with Gasteiger partial charge in [0.05, 0.1) is 12.7 Å². The Kier molecular flexibility index (Phi) is 4.55. The summed E-state index contributed by atoms with van der Waals surface area (Å²) < 4.78 is 17.7. The van der Waals surface area contributed by atoms with Crippen molar-refractivity contribution in [1.29, 1.82) is 0 Å². The second-order valence-corrected chi connectivity index (χ2v) is 6.93. The highest BCUT2D eigenvalue weighted by Gasteiger charge is 2.36. The lowest BCUT2D eigenvalue weighted by atomic mass is 9.99. The van der Waals surface area contributed by atoms with Crippen LogP contribution in [-0.2, 0) is 22.6 Å². The van der Waals surface area contributed by atoms with E-state index < -0.39 is 6.10 Å². The van der Waals surface area contributed by atoms with Gasteiger partial charge in [0.15, 0.2) is 11.5 Å². The summed E-state index contributed by atoms with van der Waals surface area (Å²) in [5.74, 6) is 1.20. The summed E-state index contributed by atoms with van der Waals surface area (Å²) in [6.45, 7) is 2.98. The molecule has 2 heterocycles. The molecule has 3 atom stereocenters. The lowest BCUT2D eigenvalue weighted by Gasteiger charge is -2.35. The molecular weight excluding hydrogens is 330 g/mol. The first-order valence-electron chi connectivity index (χ1n) is 8.97. The molecule has 0 saturated carbocycles. The van der Waals surface area contributed by atoms with Gasteiger partial charge in [0, 0.05) is 20.0 Å². The Balaban J connectivity index is 1.41. The van der Waals surface area contributed by atoms with Gasteiger partial charge in [-0.3, -0.25) is 4.79 Å². The maximum Gasteiger partial charge on any atom is 0.267 e. The van der Waals surface area contributed by atoms with Gasteiger partial charge in [0.1, 0.15) is 6.10 Å². The number of hydrogen-bond acceptors (Lipinski definition) is 4. The zero-order valence-corrected chi connectivity index (χ0v) is 15.1. The average Bonchev–Trinajstić information content (AvgIpc) is 2.66. The predicted octanol–water partition coefficient (Wildman–Crippen LogP) is 2.81. The van der Waals surface area contributed by atoms with Gasteiger partial charge < -0.3 is 19.1 Å². The molecule has 26 heavy (non-hydrogen) atoms. The lowest BCUT2D eigenvalue weighted by Crippen LogP contribution is -2.51. The Morgan fingerprint density at radius 2 is 1.69 bits per heavy atom. The Morgan fingerprint density at radius 1 is 1.04 bits per heavy atom. The van der Waals surface area contributed by atoms with Crippen molar-refractivity contribution in [2.24, 2.45) is 0 Å². The van der Waals surface area contributed by atoms with Gasteiger partial charge in [-0.25, -0.2) is 0 Å². The normalized spacial score (nSPS) is 23.8. The molecule has 0 spiro atoms. The van der Waals surface area contributed by atoms with E-state index in [9.17, 15) is 4.79 Å². The number of carbonyl (C=O) groups is 1. The molecule has 0 N–H and O–H groups in total. The lowest BCUT2D eigenvalue weighted by molar-refractivity contribution is -0.145. The number of carbonyl (C=O) groups excluding carboxylic acids is 1. The third-order valence-electron chi connectivity index (χ3n) is 4.98. The van der Waals surface area contributed by atoms with Crippen LogP contribution in [0.25, 0.3) is 0 Å². The third-order valence-corrected chi connectivity index (χ3v) is 4.98. The van der Waals surface area contributed by atoms with Crippen molar-refractivity contribution in [3.8, 4) is 11.5 Å². The highest BCUT2D eigenvalue weighted by atomic mass is 16.6. The molecule has 2 aromatic carbocycles. The molecule has 2 aliphatic heterocycles. The van der Waals surface area contributed by atoms with Crippen LogP contribution < -0.4 is 9.47 Å². The number of hydrogen-bond donors (Lipinski definition) is 0. The minimum Gasteiger partial charge on any atom is -0.482 e. The highest BCUT2D eigenvalue weighted by molar-refractivity contribution is 5.82. The summed E-state index contributed by atoms with van der Waals surface area (Å²) in [5, 5.41) is 0. The van der Waals surface area contributed by atoms with Crippen LogP contribution in [0.15, 0.2) is 48.5 Å². The molecule has 2 aromatic rings. The highest BCUT2D eigenvalue weighted by Crippen LogP contribution is 2.34. The summed E-state index contributed by atoms with van der Waals surface area (Å²) >= 11 is 0. The van der Waals surface area contributed by atoms with Crippen LogP contribution >= 0.6 is 0 Å². The second-order valence-electron chi connectivity index (χ2n) is 6.93. The Bertz CT molecular complexity index is 806. The minimum absolute atomic E-state index is 0.00838. The summed E-state index contributed by atoms with van der Waals surface area (Å²) in [6, 6.07) is 15.7. The maximum absolute atomic E-state index is 12.9. The molecule has 1 amide bonds. The fourth-order valence-corrected chi connectivity index (χ4v) is 3.53. The van der Waals surface area contributed by atoms with E-state index in [1.165, 1.54) is 11.1 Å². The van der Waals surface area contributed by atoms with Gasteiger partial charge in [-0.1, -0.05) is 36.4 Å². The van der Waals surface area contributed by atoms with E-state index in [0.29, 0.717) is 24.7 Å². The average molecular weight is 353 g/mol. The fourth-order valence-electron chi connectivity index (χ4n) is 3.53. The maximum atomic E-state index is 12.9. The molecule has 3 unspecified atom stereocenters. The van der Waals surface area contributed by atoms with Gasteiger partial charge in [-0.2, -0.15) is 0 Å². The van der Waals surface area contributed by atoms with Crippen molar-refractivity contribution in [3.05, 3.63) is 59.7 Å². The quantitative estimate of drug-likeness (QED) is 0.851. The van der Waals surface area contributed by atoms with Crippen LogP contribution in [0.3, 0.4) is 0 Å². The van der Waals surface area contributed by atoms with E-state index in [0.717, 1.165) is 6.42 Å². The Labute approximate surface area is 153 Å². The molecule has 0 saturated heterocycles. The van der Waals surface area contributed by atoms with Gasteiger partial charge in [0.25, 0.3) is 5.91 Å². The largest absolute Gasteiger partial charge is 0.482 e. The zero-order valence-electron chi connectivity index (χ0n) is 15.1. The number of likely N-dealkylation sites (N-methyl/N-ethyl adjacent to an activating group) is 1. The van der Waals surface area contributed by atoms with Crippen molar-refractivity contribution >= 4 is 5.91 Å². The molecule has 0 radical (unpaired) electrons. The molecule has 0 aliphatic carbocycles. The second kappa shape index (κ2) is 7.00.